The van der Waals surface area contributed by atoms with E-state index in [0.29, 0.717) is 19.4 Å². The van der Waals surface area contributed by atoms with Crippen LogP contribution in [-0.4, -0.2) is 25.2 Å². The first-order valence-corrected chi connectivity index (χ1v) is 7.96. The number of aromatic nitrogens is 4. The van der Waals surface area contributed by atoms with Gasteiger partial charge in [0.25, 0.3) is 0 Å². The molecule has 124 valence electrons. The van der Waals surface area contributed by atoms with Gasteiger partial charge in [-0.3, -0.25) is 9.48 Å². The first-order chi connectivity index (χ1) is 11.6. The van der Waals surface area contributed by atoms with Gasteiger partial charge < -0.3 is 9.88 Å². The van der Waals surface area contributed by atoms with E-state index in [1.165, 1.54) is 0 Å². The number of benzene rings is 1. The molecule has 3 aromatic rings. The topological polar surface area (TPSA) is 64.7 Å². The number of nitrogens with zero attached hydrogens (tertiary/aromatic N) is 4. The smallest absolute Gasteiger partial charge is 0.220 e. The van der Waals surface area contributed by atoms with Gasteiger partial charge in [0.1, 0.15) is 5.82 Å². The zero-order valence-corrected chi connectivity index (χ0v) is 13.9. The van der Waals surface area contributed by atoms with Gasteiger partial charge in [-0.2, -0.15) is 5.10 Å². The number of hydrogen-bond acceptors (Lipinski definition) is 3. The molecule has 0 bridgehead atoms. The van der Waals surface area contributed by atoms with Gasteiger partial charge >= 0.3 is 0 Å². The van der Waals surface area contributed by atoms with Crippen LogP contribution in [0.2, 0.25) is 0 Å². The number of rotatable bonds is 6. The second-order valence-corrected chi connectivity index (χ2v) is 5.77. The fraction of sp³-hybridized carbons (Fsp3) is 0.278. The van der Waals surface area contributed by atoms with Crippen molar-refractivity contribution < 1.29 is 4.79 Å². The molecule has 1 N–H and O–H groups in total. The fourth-order valence-electron chi connectivity index (χ4n) is 2.67. The number of carbonyl (C=O) groups excluding carboxylic acids is 1. The van der Waals surface area contributed by atoms with Crippen LogP contribution in [0.1, 0.15) is 23.4 Å². The monoisotopic (exact) mass is 323 g/mol. The Kier molecular flexibility index (Phi) is 4.74. The number of imidazole rings is 1. The predicted molar refractivity (Wildman–Crippen MR) is 91.7 cm³/mol. The molecule has 2 heterocycles. The van der Waals surface area contributed by atoms with Crippen molar-refractivity contribution >= 4 is 5.91 Å². The summed E-state index contributed by atoms with van der Waals surface area (Å²) in [5, 5.41) is 7.11. The molecule has 0 aliphatic heterocycles. The first-order valence-electron chi connectivity index (χ1n) is 7.96. The van der Waals surface area contributed by atoms with Gasteiger partial charge in [0.15, 0.2) is 0 Å². The summed E-state index contributed by atoms with van der Waals surface area (Å²) in [6.45, 7) is 2.46. The third-order valence-electron chi connectivity index (χ3n) is 3.95. The number of amides is 1. The predicted octanol–water partition coefficient (Wildman–Crippen LogP) is 2.16. The molecular formula is C18H21N5O. The van der Waals surface area contributed by atoms with Crippen LogP contribution in [0.25, 0.3) is 5.69 Å². The highest BCUT2D eigenvalue weighted by Crippen LogP contribution is 2.16. The lowest BCUT2D eigenvalue weighted by Gasteiger charge is -2.12. The average Bonchev–Trinajstić information content (AvgIpc) is 3.19. The molecule has 0 saturated carbocycles. The first kappa shape index (κ1) is 16.0. The van der Waals surface area contributed by atoms with Gasteiger partial charge in [-0.05, 0) is 30.5 Å². The Balaban J connectivity index is 1.60. The van der Waals surface area contributed by atoms with E-state index in [0.717, 1.165) is 22.6 Å². The molecule has 0 spiro atoms. The number of para-hydroxylation sites is 1. The van der Waals surface area contributed by atoms with E-state index in [1.807, 2.05) is 55.2 Å². The Labute approximate surface area is 141 Å². The minimum Gasteiger partial charge on any atom is -0.352 e. The third kappa shape index (κ3) is 3.71. The molecular weight excluding hydrogens is 302 g/mol. The number of nitrogens with one attached hydrogen (secondary N) is 1. The summed E-state index contributed by atoms with van der Waals surface area (Å²) >= 11 is 0. The van der Waals surface area contributed by atoms with Gasteiger partial charge in [0, 0.05) is 38.6 Å². The van der Waals surface area contributed by atoms with Crippen LogP contribution < -0.4 is 5.32 Å². The summed E-state index contributed by atoms with van der Waals surface area (Å²) in [5.74, 6) is 0.960. The highest BCUT2D eigenvalue weighted by atomic mass is 16.1. The van der Waals surface area contributed by atoms with E-state index < -0.39 is 0 Å². The normalized spacial score (nSPS) is 10.8. The quantitative estimate of drug-likeness (QED) is 0.756. The van der Waals surface area contributed by atoms with Crippen LogP contribution in [0.4, 0.5) is 0 Å². The molecule has 24 heavy (non-hydrogen) atoms. The van der Waals surface area contributed by atoms with Gasteiger partial charge in [0.2, 0.25) is 5.91 Å². The Morgan fingerprint density at radius 1 is 1.29 bits per heavy atom. The van der Waals surface area contributed by atoms with E-state index >= 15 is 0 Å². The average molecular weight is 323 g/mol. The number of carbonyl (C=O) groups is 1. The van der Waals surface area contributed by atoms with Crippen molar-refractivity contribution in [3.05, 3.63) is 66.0 Å². The van der Waals surface area contributed by atoms with Gasteiger partial charge in [0.05, 0.1) is 11.9 Å². The maximum atomic E-state index is 12.1. The molecule has 0 saturated heterocycles. The lowest BCUT2D eigenvalue weighted by molar-refractivity contribution is -0.121. The lowest BCUT2D eigenvalue weighted by atomic mass is 10.1. The summed E-state index contributed by atoms with van der Waals surface area (Å²) in [6, 6.07) is 8.03. The van der Waals surface area contributed by atoms with Gasteiger partial charge in [-0.1, -0.05) is 18.2 Å². The molecule has 6 heteroatoms. The van der Waals surface area contributed by atoms with Crippen molar-refractivity contribution in [2.45, 2.75) is 26.3 Å². The van der Waals surface area contributed by atoms with Crippen molar-refractivity contribution in [2.24, 2.45) is 7.05 Å². The third-order valence-corrected chi connectivity index (χ3v) is 3.95. The van der Waals surface area contributed by atoms with Crippen LogP contribution in [0.5, 0.6) is 0 Å². The molecule has 0 atom stereocenters. The molecule has 3 rings (SSSR count). The van der Waals surface area contributed by atoms with E-state index in [2.05, 4.69) is 15.4 Å². The van der Waals surface area contributed by atoms with E-state index in [4.69, 9.17) is 0 Å². The maximum Gasteiger partial charge on any atom is 0.220 e. The fourth-order valence-corrected chi connectivity index (χ4v) is 2.67. The minimum absolute atomic E-state index is 0.0380. The highest BCUT2D eigenvalue weighted by Gasteiger charge is 2.08. The molecule has 0 radical (unpaired) electrons. The molecule has 1 amide bonds. The summed E-state index contributed by atoms with van der Waals surface area (Å²) in [5.41, 5.74) is 3.18. The summed E-state index contributed by atoms with van der Waals surface area (Å²) in [6.07, 6.45) is 8.59. The molecule has 2 aromatic heterocycles. The Hall–Kier alpha value is -2.89. The maximum absolute atomic E-state index is 12.1. The van der Waals surface area contributed by atoms with Crippen molar-refractivity contribution in [2.75, 3.05) is 0 Å². The Bertz CT molecular complexity index is 833. The minimum atomic E-state index is 0.0380. The SMILES string of the molecule is Cc1nccn1-c1ccccc1CNC(=O)CCc1cnn(C)c1. The largest absolute Gasteiger partial charge is 0.352 e. The standard InChI is InChI=1S/C18H21N5O/c1-14-19-9-10-23(14)17-6-4-3-5-16(17)12-20-18(24)8-7-15-11-21-22(2)13-15/h3-6,9-11,13H,7-8,12H2,1-2H3,(H,20,24). The summed E-state index contributed by atoms with van der Waals surface area (Å²) in [4.78, 5) is 16.4. The van der Waals surface area contributed by atoms with E-state index in [1.54, 1.807) is 17.1 Å². The Morgan fingerprint density at radius 2 is 2.12 bits per heavy atom. The van der Waals surface area contributed by atoms with Crippen LogP contribution in [-0.2, 0) is 24.8 Å². The molecule has 0 aliphatic carbocycles. The molecule has 1 aromatic carbocycles. The van der Waals surface area contributed by atoms with E-state index in [9.17, 15) is 4.79 Å². The van der Waals surface area contributed by atoms with Crippen molar-refractivity contribution in [3.8, 4) is 5.69 Å². The van der Waals surface area contributed by atoms with Crippen LogP contribution in [0.3, 0.4) is 0 Å². The van der Waals surface area contributed by atoms with Gasteiger partial charge in [-0.15, -0.1) is 0 Å². The van der Waals surface area contributed by atoms with Crippen molar-refractivity contribution in [1.82, 2.24) is 24.6 Å². The van der Waals surface area contributed by atoms with Crippen LogP contribution in [0, 0.1) is 6.92 Å². The Morgan fingerprint density at radius 3 is 2.83 bits per heavy atom. The molecule has 0 fully saturated rings. The number of hydrogen-bond donors (Lipinski definition) is 1. The number of aryl methyl sites for hydroxylation is 3. The summed E-state index contributed by atoms with van der Waals surface area (Å²) < 4.78 is 3.77. The van der Waals surface area contributed by atoms with Crippen LogP contribution >= 0.6 is 0 Å². The zero-order valence-electron chi connectivity index (χ0n) is 13.9. The second kappa shape index (κ2) is 7.12. The van der Waals surface area contributed by atoms with Gasteiger partial charge in [-0.25, -0.2) is 4.98 Å². The molecule has 0 aliphatic rings. The summed E-state index contributed by atoms with van der Waals surface area (Å²) in [7, 11) is 1.87. The molecule has 0 unspecified atom stereocenters. The van der Waals surface area contributed by atoms with Crippen LogP contribution in [0.15, 0.2) is 49.1 Å². The van der Waals surface area contributed by atoms with Crippen molar-refractivity contribution in [3.63, 3.8) is 0 Å². The zero-order chi connectivity index (χ0) is 16.9. The van der Waals surface area contributed by atoms with Crippen molar-refractivity contribution in [1.29, 1.82) is 0 Å². The highest BCUT2D eigenvalue weighted by molar-refractivity contribution is 5.76. The lowest BCUT2D eigenvalue weighted by Crippen LogP contribution is -2.23. The van der Waals surface area contributed by atoms with E-state index in [-0.39, 0.29) is 5.91 Å². The second-order valence-electron chi connectivity index (χ2n) is 5.77. The molecule has 6 nitrogen and oxygen atoms in total.